The van der Waals surface area contributed by atoms with Gasteiger partial charge in [0, 0.05) is 14.1 Å². The number of imidazole rings is 1. The maximum Gasteiger partial charge on any atom is 0.309 e. The summed E-state index contributed by atoms with van der Waals surface area (Å²) in [5, 5.41) is 8.96. The van der Waals surface area contributed by atoms with Crippen LogP contribution in [0.2, 0.25) is 5.15 Å². The molecule has 0 saturated heterocycles. The largest absolute Gasteiger partial charge is 0.309 e. The summed E-state index contributed by atoms with van der Waals surface area (Å²) in [6.45, 7) is 1.89. The van der Waals surface area contributed by atoms with Crippen molar-refractivity contribution in [2.45, 2.75) is 19.8 Å². The lowest BCUT2D eigenvalue weighted by molar-refractivity contribution is 0.508. The van der Waals surface area contributed by atoms with Crippen LogP contribution in [0.25, 0.3) is 0 Å². The molecular formula is C9H13ClN4O2S. The van der Waals surface area contributed by atoms with Gasteiger partial charge >= 0.3 is 10.2 Å². The Labute approximate surface area is 106 Å². The number of aromatic nitrogens is 2. The highest BCUT2D eigenvalue weighted by Crippen LogP contribution is 2.21. The van der Waals surface area contributed by atoms with E-state index in [1.165, 1.54) is 14.1 Å². The van der Waals surface area contributed by atoms with Crippen LogP contribution in [-0.2, 0) is 16.6 Å². The minimum atomic E-state index is -3.77. The Kier molecular flexibility index (Phi) is 4.14. The second-order valence-electron chi connectivity index (χ2n) is 3.59. The number of nitrogens with zero attached hydrogens (tertiary/aromatic N) is 4. The van der Waals surface area contributed by atoms with Gasteiger partial charge in [-0.3, -0.25) is 0 Å². The van der Waals surface area contributed by atoms with Gasteiger partial charge in [0.05, 0.1) is 5.69 Å². The fourth-order valence-corrected chi connectivity index (χ4v) is 2.73. The minimum Gasteiger partial charge on any atom is -0.206 e. The Balaban J connectivity index is 3.56. The van der Waals surface area contributed by atoms with Gasteiger partial charge in [-0.15, -0.1) is 0 Å². The standard InChI is InChI=1S/C9H13ClN4O2S/c1-4-5-7-9(10)12-8(6-11)14(7)17(15,16)13(2)3/h4-5H2,1-3H3. The van der Waals surface area contributed by atoms with Crippen molar-refractivity contribution in [3.8, 4) is 6.07 Å². The van der Waals surface area contributed by atoms with Crippen LogP contribution in [0.15, 0.2) is 0 Å². The maximum absolute atomic E-state index is 12.1. The highest BCUT2D eigenvalue weighted by atomic mass is 35.5. The molecule has 1 aromatic rings. The zero-order valence-corrected chi connectivity index (χ0v) is 11.4. The highest BCUT2D eigenvalue weighted by molar-refractivity contribution is 7.87. The third-order valence-electron chi connectivity index (χ3n) is 2.16. The van der Waals surface area contributed by atoms with Crippen LogP contribution in [0.1, 0.15) is 24.9 Å². The van der Waals surface area contributed by atoms with E-state index >= 15 is 0 Å². The fourth-order valence-electron chi connectivity index (χ4n) is 1.34. The van der Waals surface area contributed by atoms with Crippen molar-refractivity contribution in [1.82, 2.24) is 13.3 Å². The molecule has 94 valence electrons. The van der Waals surface area contributed by atoms with E-state index in [2.05, 4.69) is 4.98 Å². The predicted molar refractivity (Wildman–Crippen MR) is 64.0 cm³/mol. The molecule has 0 amide bonds. The summed E-state index contributed by atoms with van der Waals surface area (Å²) in [5.74, 6) is -0.216. The van der Waals surface area contributed by atoms with Crippen LogP contribution in [-0.4, -0.2) is 35.8 Å². The van der Waals surface area contributed by atoms with E-state index in [1.54, 1.807) is 6.07 Å². The second kappa shape index (κ2) is 5.04. The molecule has 0 unspecified atom stereocenters. The molecule has 0 spiro atoms. The first-order chi connectivity index (χ1) is 7.86. The summed E-state index contributed by atoms with van der Waals surface area (Å²) in [6.07, 6.45) is 1.15. The molecule has 0 saturated carbocycles. The molecule has 1 aromatic heterocycles. The average molecular weight is 277 g/mol. The van der Waals surface area contributed by atoms with Gasteiger partial charge in [-0.1, -0.05) is 24.9 Å². The van der Waals surface area contributed by atoms with Gasteiger partial charge in [0.15, 0.2) is 5.15 Å². The van der Waals surface area contributed by atoms with Crippen LogP contribution < -0.4 is 0 Å². The number of nitriles is 1. The van der Waals surface area contributed by atoms with Crippen LogP contribution in [0, 0.1) is 11.3 Å². The van der Waals surface area contributed by atoms with Crippen molar-refractivity contribution in [1.29, 1.82) is 5.26 Å². The van der Waals surface area contributed by atoms with Crippen molar-refractivity contribution in [3.05, 3.63) is 16.7 Å². The van der Waals surface area contributed by atoms with Crippen molar-refractivity contribution < 1.29 is 8.42 Å². The van der Waals surface area contributed by atoms with Gasteiger partial charge in [-0.25, -0.2) is 8.96 Å². The number of hydrogen-bond donors (Lipinski definition) is 0. The number of hydrogen-bond acceptors (Lipinski definition) is 4. The second-order valence-corrected chi connectivity index (χ2v) is 5.94. The number of rotatable bonds is 4. The summed E-state index contributed by atoms with van der Waals surface area (Å²) < 4.78 is 26.0. The molecule has 0 aliphatic carbocycles. The fraction of sp³-hybridized carbons (Fsp3) is 0.556. The topological polar surface area (TPSA) is 79.0 Å². The van der Waals surface area contributed by atoms with Crippen LogP contribution in [0.3, 0.4) is 0 Å². The number of halogens is 1. The van der Waals surface area contributed by atoms with E-state index in [1.807, 2.05) is 6.92 Å². The van der Waals surface area contributed by atoms with E-state index in [-0.39, 0.29) is 11.0 Å². The lowest BCUT2D eigenvalue weighted by Gasteiger charge is -2.15. The first-order valence-electron chi connectivity index (χ1n) is 4.96. The van der Waals surface area contributed by atoms with Crippen LogP contribution in [0.4, 0.5) is 0 Å². The van der Waals surface area contributed by atoms with Gasteiger partial charge in [0.25, 0.3) is 0 Å². The molecule has 0 bridgehead atoms. The Morgan fingerprint density at radius 3 is 2.53 bits per heavy atom. The molecule has 1 rings (SSSR count). The molecule has 0 aliphatic heterocycles. The Morgan fingerprint density at radius 1 is 1.53 bits per heavy atom. The van der Waals surface area contributed by atoms with Gasteiger partial charge in [-0.05, 0) is 6.42 Å². The van der Waals surface area contributed by atoms with E-state index in [4.69, 9.17) is 16.9 Å². The Morgan fingerprint density at radius 2 is 2.12 bits per heavy atom. The van der Waals surface area contributed by atoms with Gasteiger partial charge < -0.3 is 0 Å². The average Bonchev–Trinajstić information content (AvgIpc) is 2.56. The van der Waals surface area contributed by atoms with Crippen molar-refractivity contribution in [2.75, 3.05) is 14.1 Å². The van der Waals surface area contributed by atoms with Gasteiger partial charge in [0.1, 0.15) is 6.07 Å². The summed E-state index contributed by atoms with van der Waals surface area (Å²) in [7, 11) is -0.993. The molecule has 0 radical (unpaired) electrons. The summed E-state index contributed by atoms with van der Waals surface area (Å²) >= 11 is 5.85. The summed E-state index contributed by atoms with van der Waals surface area (Å²) in [5.41, 5.74) is 0.347. The molecule has 6 nitrogen and oxygen atoms in total. The van der Waals surface area contributed by atoms with E-state index in [0.29, 0.717) is 18.5 Å². The summed E-state index contributed by atoms with van der Waals surface area (Å²) in [6, 6.07) is 1.74. The van der Waals surface area contributed by atoms with E-state index in [0.717, 1.165) is 8.28 Å². The monoisotopic (exact) mass is 276 g/mol. The molecule has 0 atom stereocenters. The molecule has 8 heteroatoms. The lowest BCUT2D eigenvalue weighted by atomic mass is 10.3. The zero-order chi connectivity index (χ0) is 13.2. The molecule has 1 heterocycles. The van der Waals surface area contributed by atoms with Gasteiger partial charge in [0.2, 0.25) is 5.82 Å². The first-order valence-corrected chi connectivity index (χ1v) is 6.74. The van der Waals surface area contributed by atoms with Crippen LogP contribution in [0.5, 0.6) is 0 Å². The van der Waals surface area contributed by atoms with E-state index < -0.39 is 10.2 Å². The molecule has 0 fully saturated rings. The smallest absolute Gasteiger partial charge is 0.206 e. The maximum atomic E-state index is 12.1. The summed E-state index contributed by atoms with van der Waals surface area (Å²) in [4.78, 5) is 3.76. The predicted octanol–water partition coefficient (Wildman–Crippen LogP) is 1.02. The highest BCUT2D eigenvalue weighted by Gasteiger charge is 2.26. The molecule has 0 N–H and O–H groups in total. The zero-order valence-electron chi connectivity index (χ0n) is 9.81. The van der Waals surface area contributed by atoms with Crippen LogP contribution >= 0.6 is 11.6 Å². The lowest BCUT2D eigenvalue weighted by Crippen LogP contribution is -2.31. The molecule has 0 aromatic carbocycles. The Bertz CT molecular complexity index is 556. The quantitative estimate of drug-likeness (QED) is 0.822. The Hall–Kier alpha value is -1.10. The minimum absolute atomic E-state index is 0.0637. The first kappa shape index (κ1) is 14.0. The normalized spacial score (nSPS) is 11.8. The van der Waals surface area contributed by atoms with Crippen molar-refractivity contribution in [3.63, 3.8) is 0 Å². The molecule has 17 heavy (non-hydrogen) atoms. The van der Waals surface area contributed by atoms with Crippen molar-refractivity contribution >= 4 is 21.8 Å². The van der Waals surface area contributed by atoms with E-state index in [9.17, 15) is 8.42 Å². The molecular weight excluding hydrogens is 264 g/mol. The third kappa shape index (κ3) is 2.44. The third-order valence-corrected chi connectivity index (χ3v) is 4.24. The van der Waals surface area contributed by atoms with Gasteiger partial charge in [-0.2, -0.15) is 18.0 Å². The molecule has 0 aliphatic rings. The van der Waals surface area contributed by atoms with Crippen molar-refractivity contribution in [2.24, 2.45) is 0 Å². The SMILES string of the molecule is CCCc1c(Cl)nc(C#N)n1S(=O)(=O)N(C)C.